The summed E-state index contributed by atoms with van der Waals surface area (Å²) in [6.45, 7) is 0. The molecule has 6 N–H and O–H groups in total. The van der Waals surface area contributed by atoms with Gasteiger partial charge in [0, 0.05) is 0 Å². The first-order valence-electron chi connectivity index (χ1n) is 18.2. The SMILES string of the molecule is Cl.Cl.O=C(O)C1(C(=O)O)CCCCCCCCC1.O=C(O)C1(C(=O)O)CCCCCCCCC1.O=C(O)C1(C(=O)O)CCCCCCCCC1. The summed E-state index contributed by atoms with van der Waals surface area (Å²) in [6.07, 6.45) is 21.7. The molecule has 0 aromatic heterocycles. The monoisotopic (exact) mass is 756 g/mol. The Kier molecular flexibility index (Phi) is 26.0. The van der Waals surface area contributed by atoms with Crippen molar-refractivity contribution in [3.8, 4) is 0 Å². The first-order valence-corrected chi connectivity index (χ1v) is 18.2. The number of hydrogen-bond acceptors (Lipinski definition) is 6. The number of halogens is 2. The molecule has 0 unspecified atom stereocenters. The van der Waals surface area contributed by atoms with Gasteiger partial charge < -0.3 is 30.6 Å². The van der Waals surface area contributed by atoms with Crippen LogP contribution in [0.15, 0.2) is 0 Å². The van der Waals surface area contributed by atoms with Crippen LogP contribution in [0.25, 0.3) is 0 Å². The molecule has 0 aromatic rings. The zero-order valence-corrected chi connectivity index (χ0v) is 31.2. The summed E-state index contributed by atoms with van der Waals surface area (Å²) >= 11 is 0. The van der Waals surface area contributed by atoms with Crippen LogP contribution in [0.4, 0.5) is 0 Å². The molecule has 3 aliphatic carbocycles. The van der Waals surface area contributed by atoms with Gasteiger partial charge in [0.15, 0.2) is 16.2 Å². The summed E-state index contributed by atoms with van der Waals surface area (Å²) in [7, 11) is 0. The molecule has 0 saturated heterocycles. The first kappa shape index (κ1) is 49.5. The highest BCUT2D eigenvalue weighted by Gasteiger charge is 2.47. The maximum atomic E-state index is 11.2. The van der Waals surface area contributed by atoms with Crippen LogP contribution >= 0.6 is 24.8 Å². The highest BCUT2D eigenvalue weighted by atomic mass is 35.5. The van der Waals surface area contributed by atoms with Crippen LogP contribution in [0, 0.1) is 16.2 Å². The summed E-state index contributed by atoms with van der Waals surface area (Å²) < 4.78 is 0. The molecule has 0 radical (unpaired) electrons. The fourth-order valence-electron chi connectivity index (χ4n) is 7.14. The summed E-state index contributed by atoms with van der Waals surface area (Å²) in [4.78, 5) is 67.2. The Labute approximate surface area is 309 Å². The number of carboxylic acids is 6. The molecule has 3 rings (SSSR count). The molecule has 50 heavy (non-hydrogen) atoms. The Morgan fingerprint density at radius 3 is 0.440 bits per heavy atom. The molecule has 3 saturated carbocycles. The maximum absolute atomic E-state index is 11.2. The van der Waals surface area contributed by atoms with E-state index in [0.29, 0.717) is 38.5 Å². The minimum absolute atomic E-state index is 0. The molecule has 3 fully saturated rings. The van der Waals surface area contributed by atoms with Gasteiger partial charge in [0.2, 0.25) is 0 Å². The van der Waals surface area contributed by atoms with Gasteiger partial charge in [0.05, 0.1) is 0 Å². The minimum atomic E-state index is -1.53. The van der Waals surface area contributed by atoms with Gasteiger partial charge in [-0.1, -0.05) is 135 Å². The Morgan fingerprint density at radius 2 is 0.340 bits per heavy atom. The fraction of sp³-hybridized carbons (Fsp3) is 0.833. The predicted octanol–water partition coefficient (Wildman–Crippen LogP) is 8.84. The largest absolute Gasteiger partial charge is 0.480 e. The lowest BCUT2D eigenvalue weighted by molar-refractivity contribution is -0.168. The molecular weight excluding hydrogens is 695 g/mol. The van der Waals surface area contributed by atoms with Crippen molar-refractivity contribution in [2.45, 2.75) is 173 Å². The first-order chi connectivity index (χ1) is 22.8. The Hall–Kier alpha value is -2.60. The third kappa shape index (κ3) is 15.7. The van der Waals surface area contributed by atoms with Crippen LogP contribution in [0.5, 0.6) is 0 Å². The second-order valence-corrected chi connectivity index (χ2v) is 14.0. The lowest BCUT2D eigenvalue weighted by Gasteiger charge is -2.25. The van der Waals surface area contributed by atoms with Gasteiger partial charge in [-0.15, -0.1) is 24.8 Å². The van der Waals surface area contributed by atoms with E-state index in [1.807, 2.05) is 0 Å². The number of aliphatic carboxylic acids is 6. The van der Waals surface area contributed by atoms with E-state index < -0.39 is 52.1 Å². The van der Waals surface area contributed by atoms with E-state index in [9.17, 15) is 28.8 Å². The third-order valence-corrected chi connectivity index (χ3v) is 10.6. The van der Waals surface area contributed by atoms with Crippen molar-refractivity contribution in [3.63, 3.8) is 0 Å². The molecule has 0 spiro atoms. The van der Waals surface area contributed by atoms with Gasteiger partial charge in [-0.2, -0.15) is 0 Å². The predicted molar refractivity (Wildman–Crippen MR) is 192 cm³/mol. The Morgan fingerprint density at radius 1 is 0.240 bits per heavy atom. The van der Waals surface area contributed by atoms with E-state index in [-0.39, 0.29) is 63.3 Å². The van der Waals surface area contributed by atoms with Crippen LogP contribution in [-0.4, -0.2) is 66.5 Å². The zero-order valence-electron chi connectivity index (χ0n) is 29.5. The molecule has 0 bridgehead atoms. The lowest BCUT2D eigenvalue weighted by atomic mass is 9.77. The number of rotatable bonds is 6. The molecule has 0 aromatic carbocycles. The van der Waals surface area contributed by atoms with Crippen LogP contribution in [0.2, 0.25) is 0 Å². The van der Waals surface area contributed by atoms with Crippen molar-refractivity contribution in [2.75, 3.05) is 0 Å². The van der Waals surface area contributed by atoms with E-state index in [1.54, 1.807) is 0 Å². The average molecular weight is 758 g/mol. The van der Waals surface area contributed by atoms with Gasteiger partial charge >= 0.3 is 35.8 Å². The van der Waals surface area contributed by atoms with Crippen molar-refractivity contribution in [1.29, 1.82) is 0 Å². The van der Waals surface area contributed by atoms with Crippen LogP contribution < -0.4 is 0 Å². The molecule has 14 heteroatoms. The van der Waals surface area contributed by atoms with E-state index in [2.05, 4.69) is 0 Å². The molecule has 292 valence electrons. The highest BCUT2D eigenvalue weighted by Crippen LogP contribution is 2.36. The Bertz CT molecular complexity index is 842. The standard InChI is InChI=1S/3C12H20O4.2ClH/c3*13-10(14)12(11(15)16)8-6-4-2-1-3-5-7-9-12;;/h3*1-9H2,(H,13,14)(H,15,16);2*1H. The second kappa shape index (κ2) is 26.2. The van der Waals surface area contributed by atoms with Gasteiger partial charge in [-0.05, 0) is 38.5 Å². The summed E-state index contributed by atoms with van der Waals surface area (Å²) in [5.74, 6) is -7.00. The fourth-order valence-corrected chi connectivity index (χ4v) is 7.14. The van der Waals surface area contributed by atoms with Crippen LogP contribution in [0.1, 0.15) is 173 Å². The summed E-state index contributed by atoms with van der Waals surface area (Å²) in [6, 6.07) is 0. The quantitative estimate of drug-likeness (QED) is 0.140. The zero-order chi connectivity index (χ0) is 36.1. The number of carbonyl (C=O) groups is 6. The highest BCUT2D eigenvalue weighted by molar-refractivity contribution is 5.99. The summed E-state index contributed by atoms with van der Waals surface area (Å²) in [5.41, 5.74) is -4.59. The van der Waals surface area contributed by atoms with E-state index in [4.69, 9.17) is 30.6 Å². The lowest BCUT2D eigenvalue weighted by Crippen LogP contribution is -2.39. The minimum Gasteiger partial charge on any atom is -0.480 e. The van der Waals surface area contributed by atoms with E-state index in [1.165, 1.54) is 19.3 Å². The number of hydrogen-bond donors (Lipinski definition) is 6. The smallest absolute Gasteiger partial charge is 0.321 e. The van der Waals surface area contributed by atoms with Crippen molar-refractivity contribution in [1.82, 2.24) is 0 Å². The molecular formula is C36H62Cl2O12. The molecule has 0 heterocycles. The number of carboxylic acid groups (broad SMARTS) is 6. The molecule has 0 aliphatic heterocycles. The van der Waals surface area contributed by atoms with Crippen molar-refractivity contribution in [3.05, 3.63) is 0 Å². The van der Waals surface area contributed by atoms with Gasteiger partial charge in [0.1, 0.15) is 0 Å². The maximum Gasteiger partial charge on any atom is 0.321 e. The topological polar surface area (TPSA) is 224 Å². The summed E-state index contributed by atoms with van der Waals surface area (Å²) in [5, 5.41) is 54.9. The van der Waals surface area contributed by atoms with Gasteiger partial charge in [-0.25, -0.2) is 0 Å². The van der Waals surface area contributed by atoms with Crippen molar-refractivity contribution >= 4 is 60.6 Å². The van der Waals surface area contributed by atoms with Crippen molar-refractivity contribution < 1.29 is 59.4 Å². The van der Waals surface area contributed by atoms with Gasteiger partial charge in [-0.3, -0.25) is 28.8 Å². The van der Waals surface area contributed by atoms with E-state index >= 15 is 0 Å². The van der Waals surface area contributed by atoms with Crippen molar-refractivity contribution in [2.24, 2.45) is 16.2 Å². The molecule has 12 nitrogen and oxygen atoms in total. The Balaban J connectivity index is 0. The average Bonchev–Trinajstić information content (AvgIpc) is 3.04. The van der Waals surface area contributed by atoms with Crippen LogP contribution in [0.3, 0.4) is 0 Å². The molecule has 3 aliphatic rings. The third-order valence-electron chi connectivity index (χ3n) is 10.6. The van der Waals surface area contributed by atoms with Gasteiger partial charge in [0.25, 0.3) is 0 Å². The molecule has 0 amide bonds. The van der Waals surface area contributed by atoms with Crippen LogP contribution in [-0.2, 0) is 28.8 Å². The van der Waals surface area contributed by atoms with E-state index in [0.717, 1.165) is 77.0 Å². The second-order valence-electron chi connectivity index (χ2n) is 14.0. The molecule has 0 atom stereocenters. The normalized spacial score (nSPS) is 21.4.